The number of aromatic nitrogens is 2. The number of para-hydroxylation sites is 1. The van der Waals surface area contributed by atoms with Crippen molar-refractivity contribution < 1.29 is 9.59 Å². The third-order valence-corrected chi connectivity index (χ3v) is 4.98. The average molecular weight is 422 g/mol. The molecule has 0 aliphatic carbocycles. The van der Waals surface area contributed by atoms with Crippen LogP contribution in [0.15, 0.2) is 110 Å². The number of rotatable bonds is 7. The van der Waals surface area contributed by atoms with E-state index in [2.05, 4.69) is 15.3 Å². The molecule has 4 rings (SSSR count). The van der Waals surface area contributed by atoms with Crippen LogP contribution in [0.3, 0.4) is 0 Å². The second-order valence-corrected chi connectivity index (χ2v) is 7.11. The fraction of sp³-hybridized carbons (Fsp3) is 0.0769. The molecule has 0 saturated carbocycles. The summed E-state index contributed by atoms with van der Waals surface area (Å²) < 4.78 is 0. The number of carbonyl (C=O) groups excluding carboxylic acids is 2. The quantitative estimate of drug-likeness (QED) is 0.485. The van der Waals surface area contributed by atoms with Gasteiger partial charge in [0.15, 0.2) is 0 Å². The molecule has 2 amide bonds. The Morgan fingerprint density at radius 1 is 0.781 bits per heavy atom. The maximum atomic E-state index is 13.6. The minimum Gasteiger partial charge on any atom is -0.350 e. The van der Waals surface area contributed by atoms with Gasteiger partial charge in [-0.05, 0) is 47.5 Å². The largest absolute Gasteiger partial charge is 0.350 e. The zero-order valence-electron chi connectivity index (χ0n) is 17.3. The van der Waals surface area contributed by atoms with E-state index in [-0.39, 0.29) is 17.5 Å². The zero-order valence-corrected chi connectivity index (χ0v) is 17.3. The molecular weight excluding hydrogens is 400 g/mol. The Hall–Kier alpha value is -4.32. The van der Waals surface area contributed by atoms with Gasteiger partial charge in [-0.3, -0.25) is 24.5 Å². The molecular formula is C26H22N4O2. The van der Waals surface area contributed by atoms with Gasteiger partial charge >= 0.3 is 0 Å². The van der Waals surface area contributed by atoms with Crippen LogP contribution in [0.5, 0.6) is 0 Å². The fourth-order valence-corrected chi connectivity index (χ4v) is 3.43. The second kappa shape index (κ2) is 10.1. The van der Waals surface area contributed by atoms with Gasteiger partial charge in [0.05, 0.1) is 0 Å². The molecule has 0 aliphatic rings. The molecule has 6 nitrogen and oxygen atoms in total. The molecule has 158 valence electrons. The molecule has 0 bridgehead atoms. The van der Waals surface area contributed by atoms with Crippen LogP contribution >= 0.6 is 0 Å². The first-order chi connectivity index (χ1) is 15.7. The summed E-state index contributed by atoms with van der Waals surface area (Å²) in [6, 6.07) is 26.5. The smallest absolute Gasteiger partial charge is 0.277 e. The summed E-state index contributed by atoms with van der Waals surface area (Å²) in [4.78, 5) is 36.9. The van der Waals surface area contributed by atoms with Crippen LogP contribution in [0.2, 0.25) is 0 Å². The molecule has 0 saturated heterocycles. The summed E-state index contributed by atoms with van der Waals surface area (Å²) >= 11 is 0. The van der Waals surface area contributed by atoms with E-state index in [1.807, 2.05) is 48.5 Å². The highest BCUT2D eigenvalue weighted by Gasteiger charge is 2.33. The van der Waals surface area contributed by atoms with Crippen molar-refractivity contribution in [2.75, 3.05) is 4.90 Å². The van der Waals surface area contributed by atoms with Gasteiger partial charge in [-0.15, -0.1) is 0 Å². The van der Waals surface area contributed by atoms with E-state index in [4.69, 9.17) is 0 Å². The Balaban J connectivity index is 1.74. The predicted octanol–water partition coefficient (Wildman–Crippen LogP) is 4.18. The third-order valence-electron chi connectivity index (χ3n) is 4.98. The van der Waals surface area contributed by atoms with Crippen LogP contribution in [-0.2, 0) is 11.3 Å². The summed E-state index contributed by atoms with van der Waals surface area (Å²) in [5.74, 6) is -0.665. The molecule has 6 heteroatoms. The van der Waals surface area contributed by atoms with Gasteiger partial charge in [0.1, 0.15) is 11.7 Å². The summed E-state index contributed by atoms with van der Waals surface area (Å²) in [5, 5.41) is 2.98. The zero-order chi connectivity index (χ0) is 22.2. The lowest BCUT2D eigenvalue weighted by atomic mass is 10.0. The predicted molar refractivity (Wildman–Crippen MR) is 123 cm³/mol. The van der Waals surface area contributed by atoms with E-state index in [9.17, 15) is 9.59 Å². The first-order valence-electron chi connectivity index (χ1n) is 10.3. The van der Waals surface area contributed by atoms with Crippen molar-refractivity contribution in [2.24, 2.45) is 0 Å². The summed E-state index contributed by atoms with van der Waals surface area (Å²) in [5.41, 5.74) is 2.47. The molecule has 0 radical (unpaired) electrons. The number of carbonyl (C=O) groups is 2. The number of nitrogens with zero attached hydrogens (tertiary/aromatic N) is 3. The van der Waals surface area contributed by atoms with E-state index in [0.717, 1.165) is 5.56 Å². The molecule has 0 spiro atoms. The molecule has 2 aromatic heterocycles. The van der Waals surface area contributed by atoms with E-state index < -0.39 is 6.04 Å². The van der Waals surface area contributed by atoms with Crippen LogP contribution in [0, 0.1) is 0 Å². The molecule has 0 aliphatic heterocycles. The van der Waals surface area contributed by atoms with E-state index >= 15 is 0 Å². The number of hydrogen-bond acceptors (Lipinski definition) is 4. The standard InChI is InChI=1S/C26H22N4O2/c31-25(29-19-20-9-3-1-4-10-20)24(21-14-17-27-18-15-21)30(22-11-5-2-6-12-22)26(32)23-13-7-8-16-28-23/h1-18,24H,19H2,(H,29,31)/t24-/m0/s1. The second-order valence-electron chi connectivity index (χ2n) is 7.11. The van der Waals surface area contributed by atoms with Gasteiger partial charge in [0.2, 0.25) is 5.91 Å². The van der Waals surface area contributed by atoms with Crippen LogP contribution in [0.1, 0.15) is 27.7 Å². The van der Waals surface area contributed by atoms with Crippen LogP contribution < -0.4 is 10.2 Å². The van der Waals surface area contributed by atoms with Crippen LogP contribution in [0.4, 0.5) is 5.69 Å². The molecule has 0 fully saturated rings. The van der Waals surface area contributed by atoms with Crippen molar-refractivity contribution in [3.05, 3.63) is 126 Å². The van der Waals surface area contributed by atoms with Gasteiger partial charge in [-0.2, -0.15) is 0 Å². The maximum Gasteiger partial charge on any atom is 0.277 e. The number of amides is 2. The Morgan fingerprint density at radius 3 is 2.09 bits per heavy atom. The maximum absolute atomic E-state index is 13.6. The highest BCUT2D eigenvalue weighted by atomic mass is 16.2. The van der Waals surface area contributed by atoms with Crippen molar-refractivity contribution in [1.82, 2.24) is 15.3 Å². The Morgan fingerprint density at radius 2 is 1.44 bits per heavy atom. The molecule has 1 atom stereocenters. The molecule has 1 N–H and O–H groups in total. The SMILES string of the molecule is O=C(NCc1ccccc1)[C@H](c1ccncc1)N(C(=O)c1ccccn1)c1ccccc1. The minimum absolute atomic E-state index is 0.256. The third kappa shape index (κ3) is 4.87. The summed E-state index contributed by atoms with van der Waals surface area (Å²) in [7, 11) is 0. The average Bonchev–Trinajstić information content (AvgIpc) is 2.87. The van der Waals surface area contributed by atoms with Gasteiger partial charge < -0.3 is 5.32 Å². The van der Waals surface area contributed by atoms with Crippen molar-refractivity contribution in [3.8, 4) is 0 Å². The van der Waals surface area contributed by atoms with Gasteiger partial charge in [0.25, 0.3) is 5.91 Å². The van der Waals surface area contributed by atoms with Crippen molar-refractivity contribution in [2.45, 2.75) is 12.6 Å². The Bertz CT molecular complexity index is 1150. The molecule has 2 heterocycles. The number of pyridine rings is 2. The lowest BCUT2D eigenvalue weighted by Gasteiger charge is -2.31. The van der Waals surface area contributed by atoms with Gasteiger partial charge in [-0.25, -0.2) is 0 Å². The van der Waals surface area contributed by atoms with E-state index in [0.29, 0.717) is 17.8 Å². The molecule has 4 aromatic rings. The minimum atomic E-state index is -0.904. The highest BCUT2D eigenvalue weighted by Crippen LogP contribution is 2.29. The monoisotopic (exact) mass is 422 g/mol. The van der Waals surface area contributed by atoms with Crippen molar-refractivity contribution in [3.63, 3.8) is 0 Å². The van der Waals surface area contributed by atoms with E-state index in [1.165, 1.54) is 4.90 Å². The molecule has 32 heavy (non-hydrogen) atoms. The summed E-state index contributed by atoms with van der Waals surface area (Å²) in [6.07, 6.45) is 4.79. The fourth-order valence-electron chi connectivity index (χ4n) is 3.43. The lowest BCUT2D eigenvalue weighted by Crippen LogP contribution is -2.44. The Labute approximate surface area is 186 Å². The van der Waals surface area contributed by atoms with Gasteiger partial charge in [-0.1, -0.05) is 54.6 Å². The first kappa shape index (κ1) is 20.9. The lowest BCUT2D eigenvalue weighted by molar-refractivity contribution is -0.122. The number of benzene rings is 2. The molecule has 2 aromatic carbocycles. The van der Waals surface area contributed by atoms with E-state index in [1.54, 1.807) is 61.1 Å². The van der Waals surface area contributed by atoms with Crippen molar-refractivity contribution in [1.29, 1.82) is 0 Å². The number of hydrogen-bond donors (Lipinski definition) is 1. The first-order valence-corrected chi connectivity index (χ1v) is 10.3. The van der Waals surface area contributed by atoms with Crippen LogP contribution in [-0.4, -0.2) is 21.8 Å². The van der Waals surface area contributed by atoms with Crippen molar-refractivity contribution >= 4 is 17.5 Å². The van der Waals surface area contributed by atoms with Crippen LogP contribution in [0.25, 0.3) is 0 Å². The summed E-state index contributed by atoms with van der Waals surface area (Å²) in [6.45, 7) is 0.349. The highest BCUT2D eigenvalue weighted by molar-refractivity contribution is 6.09. The number of nitrogens with one attached hydrogen (secondary N) is 1. The normalized spacial score (nSPS) is 11.4. The Kier molecular flexibility index (Phi) is 6.63. The number of anilines is 1. The molecule has 0 unspecified atom stereocenters. The van der Waals surface area contributed by atoms with Gasteiger partial charge in [0, 0.05) is 30.8 Å². The topological polar surface area (TPSA) is 75.2 Å².